The SMILES string of the molecule is CC(C1CCC1)C(C#N)OCN. The lowest BCUT2D eigenvalue weighted by molar-refractivity contribution is 0.0220. The van der Waals surface area contributed by atoms with Crippen LogP contribution in [0.2, 0.25) is 0 Å². The van der Waals surface area contributed by atoms with Crippen molar-refractivity contribution in [1.82, 2.24) is 0 Å². The summed E-state index contributed by atoms with van der Waals surface area (Å²) in [6.07, 6.45) is 3.48. The van der Waals surface area contributed by atoms with Crippen molar-refractivity contribution in [2.45, 2.75) is 32.3 Å². The molecule has 2 unspecified atom stereocenters. The molecule has 0 heterocycles. The summed E-state index contributed by atoms with van der Waals surface area (Å²) in [6, 6.07) is 2.15. The van der Waals surface area contributed by atoms with Gasteiger partial charge in [0.1, 0.15) is 6.10 Å². The fourth-order valence-corrected chi connectivity index (χ4v) is 1.62. The minimum atomic E-state index is -0.305. The van der Waals surface area contributed by atoms with Crippen molar-refractivity contribution in [2.75, 3.05) is 6.73 Å². The van der Waals surface area contributed by atoms with Crippen molar-refractivity contribution in [3.8, 4) is 6.07 Å². The summed E-state index contributed by atoms with van der Waals surface area (Å²) in [5.41, 5.74) is 5.23. The van der Waals surface area contributed by atoms with Gasteiger partial charge in [0, 0.05) is 0 Å². The second kappa shape index (κ2) is 4.44. The van der Waals surface area contributed by atoms with Gasteiger partial charge in [0.25, 0.3) is 0 Å². The van der Waals surface area contributed by atoms with E-state index in [0.29, 0.717) is 11.8 Å². The van der Waals surface area contributed by atoms with E-state index in [1.807, 2.05) is 0 Å². The molecule has 0 saturated heterocycles. The molecule has 1 saturated carbocycles. The smallest absolute Gasteiger partial charge is 0.148 e. The first-order valence-corrected chi connectivity index (χ1v) is 4.51. The first kappa shape index (κ1) is 9.50. The Balaban J connectivity index is 2.36. The first-order chi connectivity index (χ1) is 5.79. The second-order valence-electron chi connectivity index (χ2n) is 3.43. The van der Waals surface area contributed by atoms with E-state index in [1.54, 1.807) is 0 Å². The van der Waals surface area contributed by atoms with Crippen LogP contribution in [0.25, 0.3) is 0 Å². The normalized spacial score (nSPS) is 22.4. The molecule has 3 heteroatoms. The lowest BCUT2D eigenvalue weighted by atomic mass is 9.75. The molecular formula is C9H16N2O. The molecule has 12 heavy (non-hydrogen) atoms. The maximum absolute atomic E-state index is 8.77. The Kier molecular flexibility index (Phi) is 3.51. The molecule has 0 aliphatic heterocycles. The molecule has 0 aromatic carbocycles. The molecule has 0 amide bonds. The van der Waals surface area contributed by atoms with Crippen LogP contribution in [0.15, 0.2) is 0 Å². The van der Waals surface area contributed by atoms with Crippen LogP contribution in [0.4, 0.5) is 0 Å². The molecule has 2 atom stereocenters. The van der Waals surface area contributed by atoms with Gasteiger partial charge in [0.15, 0.2) is 0 Å². The Labute approximate surface area is 73.5 Å². The Morgan fingerprint density at radius 3 is 2.67 bits per heavy atom. The Morgan fingerprint density at radius 1 is 1.67 bits per heavy atom. The zero-order chi connectivity index (χ0) is 8.97. The molecule has 1 aliphatic carbocycles. The molecule has 1 fully saturated rings. The minimum absolute atomic E-state index is 0.148. The third kappa shape index (κ3) is 1.96. The van der Waals surface area contributed by atoms with Gasteiger partial charge in [-0.3, -0.25) is 0 Å². The van der Waals surface area contributed by atoms with Gasteiger partial charge >= 0.3 is 0 Å². The van der Waals surface area contributed by atoms with Crippen LogP contribution >= 0.6 is 0 Å². The van der Waals surface area contributed by atoms with E-state index < -0.39 is 0 Å². The van der Waals surface area contributed by atoms with Gasteiger partial charge in [-0.25, -0.2) is 0 Å². The molecule has 2 N–H and O–H groups in total. The quantitative estimate of drug-likeness (QED) is 0.642. The zero-order valence-corrected chi connectivity index (χ0v) is 7.49. The largest absolute Gasteiger partial charge is 0.348 e. The van der Waals surface area contributed by atoms with Gasteiger partial charge in [-0.2, -0.15) is 5.26 Å². The average molecular weight is 168 g/mol. The van der Waals surface area contributed by atoms with E-state index in [0.717, 1.165) is 0 Å². The topological polar surface area (TPSA) is 59.0 Å². The van der Waals surface area contributed by atoms with Crippen LogP contribution in [0.5, 0.6) is 0 Å². The Morgan fingerprint density at radius 2 is 2.33 bits per heavy atom. The van der Waals surface area contributed by atoms with Crippen molar-refractivity contribution >= 4 is 0 Å². The monoisotopic (exact) mass is 168 g/mol. The van der Waals surface area contributed by atoms with Crippen LogP contribution in [-0.4, -0.2) is 12.8 Å². The summed E-state index contributed by atoms with van der Waals surface area (Å²) in [7, 11) is 0. The maximum atomic E-state index is 8.77. The highest BCUT2D eigenvalue weighted by Crippen LogP contribution is 2.35. The molecule has 3 nitrogen and oxygen atoms in total. The first-order valence-electron chi connectivity index (χ1n) is 4.51. The minimum Gasteiger partial charge on any atom is -0.348 e. The van der Waals surface area contributed by atoms with Gasteiger partial charge in [0.2, 0.25) is 0 Å². The second-order valence-corrected chi connectivity index (χ2v) is 3.43. The third-order valence-electron chi connectivity index (χ3n) is 2.77. The molecule has 0 bridgehead atoms. The van der Waals surface area contributed by atoms with Crippen LogP contribution in [-0.2, 0) is 4.74 Å². The van der Waals surface area contributed by atoms with Crippen LogP contribution in [0, 0.1) is 23.2 Å². The van der Waals surface area contributed by atoms with E-state index in [9.17, 15) is 0 Å². The van der Waals surface area contributed by atoms with Gasteiger partial charge in [-0.1, -0.05) is 26.2 Å². The number of hydrogen-bond donors (Lipinski definition) is 1. The van der Waals surface area contributed by atoms with Crippen molar-refractivity contribution < 1.29 is 4.74 Å². The van der Waals surface area contributed by atoms with Gasteiger partial charge in [0.05, 0.1) is 12.8 Å². The molecular weight excluding hydrogens is 152 g/mol. The summed E-state index contributed by atoms with van der Waals surface area (Å²) in [5, 5.41) is 8.77. The van der Waals surface area contributed by atoms with Crippen LogP contribution in [0.1, 0.15) is 26.2 Å². The molecule has 0 radical (unpaired) electrons. The molecule has 0 spiro atoms. The van der Waals surface area contributed by atoms with Crippen molar-refractivity contribution in [1.29, 1.82) is 5.26 Å². The maximum Gasteiger partial charge on any atom is 0.148 e. The highest BCUT2D eigenvalue weighted by atomic mass is 16.5. The molecule has 68 valence electrons. The fourth-order valence-electron chi connectivity index (χ4n) is 1.62. The standard InChI is InChI=1S/C9H16N2O/c1-7(8-3-2-4-8)9(5-10)12-6-11/h7-9H,2-4,6,11H2,1H3. The summed E-state index contributed by atoms with van der Waals surface area (Å²) >= 11 is 0. The molecule has 1 aliphatic rings. The van der Waals surface area contributed by atoms with E-state index in [4.69, 9.17) is 15.7 Å². The number of ether oxygens (including phenoxy) is 1. The molecule has 1 rings (SSSR count). The van der Waals surface area contributed by atoms with Crippen molar-refractivity contribution in [3.63, 3.8) is 0 Å². The van der Waals surface area contributed by atoms with Gasteiger partial charge in [-0.15, -0.1) is 0 Å². The van der Waals surface area contributed by atoms with E-state index in [1.165, 1.54) is 19.3 Å². The lowest BCUT2D eigenvalue weighted by Crippen LogP contribution is -2.32. The molecule has 0 aromatic heterocycles. The number of hydrogen-bond acceptors (Lipinski definition) is 3. The van der Waals surface area contributed by atoms with Gasteiger partial charge in [-0.05, 0) is 11.8 Å². The zero-order valence-electron chi connectivity index (χ0n) is 7.49. The number of nitrogens with zero attached hydrogens (tertiary/aromatic N) is 1. The van der Waals surface area contributed by atoms with E-state index in [-0.39, 0.29) is 12.8 Å². The number of nitrogens with two attached hydrogens (primary N) is 1. The highest BCUT2D eigenvalue weighted by Gasteiger charge is 2.30. The molecule has 0 aromatic rings. The number of nitriles is 1. The lowest BCUT2D eigenvalue weighted by Gasteiger charge is -2.33. The number of rotatable bonds is 4. The van der Waals surface area contributed by atoms with E-state index in [2.05, 4.69) is 13.0 Å². The van der Waals surface area contributed by atoms with Crippen LogP contribution < -0.4 is 5.73 Å². The third-order valence-corrected chi connectivity index (χ3v) is 2.77. The summed E-state index contributed by atoms with van der Waals surface area (Å²) in [5.74, 6) is 1.02. The average Bonchev–Trinajstić information content (AvgIpc) is 1.96. The van der Waals surface area contributed by atoms with E-state index >= 15 is 0 Å². The fraction of sp³-hybridized carbons (Fsp3) is 0.889. The predicted molar refractivity (Wildman–Crippen MR) is 46.0 cm³/mol. The van der Waals surface area contributed by atoms with Crippen molar-refractivity contribution in [3.05, 3.63) is 0 Å². The predicted octanol–water partition coefficient (Wildman–Crippen LogP) is 1.25. The van der Waals surface area contributed by atoms with Crippen LogP contribution in [0.3, 0.4) is 0 Å². The Hall–Kier alpha value is -0.590. The Bertz CT molecular complexity index is 172. The van der Waals surface area contributed by atoms with Crippen molar-refractivity contribution in [2.24, 2.45) is 17.6 Å². The highest BCUT2D eigenvalue weighted by molar-refractivity contribution is 4.92. The summed E-state index contributed by atoms with van der Waals surface area (Å²) in [6.45, 7) is 2.22. The summed E-state index contributed by atoms with van der Waals surface area (Å²) < 4.78 is 5.13. The summed E-state index contributed by atoms with van der Waals surface area (Å²) in [4.78, 5) is 0. The van der Waals surface area contributed by atoms with Gasteiger partial charge < -0.3 is 10.5 Å².